The van der Waals surface area contributed by atoms with Gasteiger partial charge in [-0.1, -0.05) is 48.9 Å². The van der Waals surface area contributed by atoms with Crippen LogP contribution in [-0.4, -0.2) is 19.1 Å². The molecule has 3 nitrogen and oxygen atoms in total. The van der Waals surface area contributed by atoms with Crippen LogP contribution < -0.4 is 5.32 Å². The second-order valence-electron chi connectivity index (χ2n) is 7.59. The molecule has 2 aromatic rings. The SMILES string of the molecule is COC(=O)C[C@H]1CCC[C@@H](NCc2ccccc2)[C@@H]1c1ccc(C(F)(F)F)cc1. The molecule has 1 saturated carbocycles. The van der Waals surface area contributed by atoms with Gasteiger partial charge < -0.3 is 10.1 Å². The summed E-state index contributed by atoms with van der Waals surface area (Å²) in [6, 6.07) is 15.4. The molecule has 1 N–H and O–H groups in total. The van der Waals surface area contributed by atoms with E-state index >= 15 is 0 Å². The van der Waals surface area contributed by atoms with Crippen LogP contribution in [0.5, 0.6) is 0 Å². The average Bonchev–Trinajstić information content (AvgIpc) is 2.72. The molecule has 0 aliphatic heterocycles. The highest BCUT2D eigenvalue weighted by Crippen LogP contribution is 2.41. The Kier molecular flexibility index (Phi) is 6.96. The molecular formula is C23H26F3NO2. The smallest absolute Gasteiger partial charge is 0.416 e. The summed E-state index contributed by atoms with van der Waals surface area (Å²) in [5, 5.41) is 3.58. The van der Waals surface area contributed by atoms with E-state index in [1.54, 1.807) is 12.1 Å². The van der Waals surface area contributed by atoms with Crippen LogP contribution in [0.2, 0.25) is 0 Å². The number of carbonyl (C=O) groups excluding carboxylic acids is 1. The molecule has 3 rings (SSSR count). The molecule has 3 atom stereocenters. The number of nitrogens with one attached hydrogen (secondary N) is 1. The standard InChI is InChI=1S/C23H26F3NO2/c1-29-21(28)14-18-8-5-9-20(27-15-16-6-3-2-4-7-16)22(18)17-10-12-19(13-11-17)23(24,25)26/h2-4,6-7,10-13,18,20,22,27H,5,8-9,14-15H2,1H3/t18-,20-,22-/m1/s1. The maximum Gasteiger partial charge on any atom is 0.416 e. The van der Waals surface area contributed by atoms with Gasteiger partial charge in [-0.25, -0.2) is 0 Å². The summed E-state index contributed by atoms with van der Waals surface area (Å²) < 4.78 is 43.8. The van der Waals surface area contributed by atoms with E-state index in [1.807, 2.05) is 30.3 Å². The van der Waals surface area contributed by atoms with Crippen LogP contribution in [0.25, 0.3) is 0 Å². The van der Waals surface area contributed by atoms with Crippen molar-refractivity contribution in [3.8, 4) is 0 Å². The lowest BCUT2D eigenvalue weighted by Gasteiger charge is -2.39. The molecule has 0 heterocycles. The molecule has 0 unspecified atom stereocenters. The fraction of sp³-hybridized carbons (Fsp3) is 0.435. The summed E-state index contributed by atoms with van der Waals surface area (Å²) in [6.45, 7) is 0.674. The molecule has 2 aromatic carbocycles. The summed E-state index contributed by atoms with van der Waals surface area (Å²) in [5.41, 5.74) is 1.32. The van der Waals surface area contributed by atoms with E-state index in [1.165, 1.54) is 7.11 Å². The van der Waals surface area contributed by atoms with Crippen molar-refractivity contribution in [2.24, 2.45) is 5.92 Å². The highest BCUT2D eigenvalue weighted by atomic mass is 19.4. The van der Waals surface area contributed by atoms with Crippen molar-refractivity contribution in [1.29, 1.82) is 0 Å². The van der Waals surface area contributed by atoms with E-state index in [2.05, 4.69) is 5.32 Å². The minimum atomic E-state index is -4.36. The average molecular weight is 405 g/mol. The van der Waals surface area contributed by atoms with Gasteiger partial charge >= 0.3 is 12.1 Å². The van der Waals surface area contributed by atoms with Gasteiger partial charge in [0, 0.05) is 24.9 Å². The molecule has 1 aliphatic rings. The number of esters is 1. The molecule has 0 saturated heterocycles. The van der Waals surface area contributed by atoms with Crippen molar-refractivity contribution in [2.75, 3.05) is 7.11 Å². The number of alkyl halides is 3. The molecule has 0 bridgehead atoms. The minimum absolute atomic E-state index is 0.0289. The van der Waals surface area contributed by atoms with Gasteiger partial charge in [-0.3, -0.25) is 4.79 Å². The van der Waals surface area contributed by atoms with Crippen molar-refractivity contribution in [3.63, 3.8) is 0 Å². The Bertz CT molecular complexity index is 790. The van der Waals surface area contributed by atoms with E-state index < -0.39 is 11.7 Å². The van der Waals surface area contributed by atoms with Gasteiger partial charge in [-0.15, -0.1) is 0 Å². The predicted octanol–water partition coefficient (Wildman–Crippen LogP) is 5.31. The number of hydrogen-bond acceptors (Lipinski definition) is 3. The highest BCUT2D eigenvalue weighted by molar-refractivity contribution is 5.69. The zero-order valence-electron chi connectivity index (χ0n) is 16.4. The Labute approximate surface area is 169 Å². The van der Waals surface area contributed by atoms with Crippen molar-refractivity contribution in [2.45, 2.75) is 50.4 Å². The van der Waals surface area contributed by atoms with Crippen molar-refractivity contribution < 1.29 is 22.7 Å². The second kappa shape index (κ2) is 9.44. The number of halogens is 3. The number of methoxy groups -OCH3 is 1. The van der Waals surface area contributed by atoms with Gasteiger partial charge in [0.15, 0.2) is 0 Å². The quantitative estimate of drug-likeness (QED) is 0.662. The van der Waals surface area contributed by atoms with Gasteiger partial charge in [0.1, 0.15) is 0 Å². The molecule has 156 valence electrons. The van der Waals surface area contributed by atoms with Crippen LogP contribution in [0.15, 0.2) is 54.6 Å². The normalized spacial score (nSPS) is 22.3. The second-order valence-corrected chi connectivity index (χ2v) is 7.59. The van der Waals surface area contributed by atoms with Gasteiger partial charge in [0.25, 0.3) is 0 Å². The van der Waals surface area contributed by atoms with E-state index in [9.17, 15) is 18.0 Å². The van der Waals surface area contributed by atoms with Crippen molar-refractivity contribution in [3.05, 3.63) is 71.3 Å². The lowest BCUT2D eigenvalue weighted by Crippen LogP contribution is -2.41. The zero-order chi connectivity index (χ0) is 20.9. The van der Waals surface area contributed by atoms with Crippen LogP contribution in [0.1, 0.15) is 48.3 Å². The lowest BCUT2D eigenvalue weighted by molar-refractivity contribution is -0.142. The monoisotopic (exact) mass is 405 g/mol. The first kappa shape index (κ1) is 21.4. The van der Waals surface area contributed by atoms with Gasteiger partial charge in [-0.05, 0) is 42.0 Å². The summed E-state index contributed by atoms with van der Waals surface area (Å²) in [6.07, 6.45) is -1.36. The fourth-order valence-corrected chi connectivity index (χ4v) is 4.29. The zero-order valence-corrected chi connectivity index (χ0v) is 16.4. The van der Waals surface area contributed by atoms with E-state index in [4.69, 9.17) is 4.74 Å². The first-order valence-electron chi connectivity index (χ1n) is 9.89. The Hall–Kier alpha value is -2.34. The third-order valence-electron chi connectivity index (χ3n) is 5.72. The third kappa shape index (κ3) is 5.60. The third-order valence-corrected chi connectivity index (χ3v) is 5.72. The van der Waals surface area contributed by atoms with Gasteiger partial charge in [0.05, 0.1) is 12.7 Å². The molecule has 1 aliphatic carbocycles. The highest BCUT2D eigenvalue weighted by Gasteiger charge is 2.36. The van der Waals surface area contributed by atoms with E-state index in [0.29, 0.717) is 6.54 Å². The maximum absolute atomic E-state index is 13.0. The first-order chi connectivity index (χ1) is 13.9. The molecule has 0 amide bonds. The number of rotatable bonds is 6. The minimum Gasteiger partial charge on any atom is -0.469 e. The molecule has 0 spiro atoms. The summed E-state index contributed by atoms with van der Waals surface area (Å²) in [5.74, 6) is -0.300. The lowest BCUT2D eigenvalue weighted by atomic mass is 9.71. The summed E-state index contributed by atoms with van der Waals surface area (Å²) in [7, 11) is 1.36. The predicted molar refractivity (Wildman–Crippen MR) is 105 cm³/mol. The number of benzene rings is 2. The first-order valence-corrected chi connectivity index (χ1v) is 9.89. The van der Waals surface area contributed by atoms with Crippen LogP contribution >= 0.6 is 0 Å². The maximum atomic E-state index is 13.0. The molecule has 29 heavy (non-hydrogen) atoms. The summed E-state index contributed by atoms with van der Waals surface area (Å²) in [4.78, 5) is 11.9. The molecule has 1 fully saturated rings. The largest absolute Gasteiger partial charge is 0.469 e. The molecule has 0 aromatic heterocycles. The fourth-order valence-electron chi connectivity index (χ4n) is 4.29. The van der Waals surface area contributed by atoms with Crippen molar-refractivity contribution in [1.82, 2.24) is 5.32 Å². The van der Waals surface area contributed by atoms with E-state index in [-0.39, 0.29) is 30.3 Å². The molecular weight excluding hydrogens is 379 g/mol. The number of hydrogen-bond donors (Lipinski definition) is 1. The Morgan fingerprint density at radius 3 is 2.38 bits per heavy atom. The van der Waals surface area contributed by atoms with Gasteiger partial charge in [0.2, 0.25) is 0 Å². The van der Waals surface area contributed by atoms with Crippen LogP contribution in [0, 0.1) is 5.92 Å². The molecule has 0 radical (unpaired) electrons. The Morgan fingerprint density at radius 2 is 1.76 bits per heavy atom. The van der Waals surface area contributed by atoms with Crippen LogP contribution in [0.3, 0.4) is 0 Å². The van der Waals surface area contributed by atoms with Gasteiger partial charge in [-0.2, -0.15) is 13.2 Å². The Balaban J connectivity index is 1.83. The van der Waals surface area contributed by atoms with Crippen molar-refractivity contribution >= 4 is 5.97 Å². The number of ether oxygens (including phenoxy) is 1. The Morgan fingerprint density at radius 1 is 1.07 bits per heavy atom. The molecule has 6 heteroatoms. The van der Waals surface area contributed by atoms with Crippen LogP contribution in [-0.2, 0) is 22.3 Å². The topological polar surface area (TPSA) is 38.3 Å². The van der Waals surface area contributed by atoms with Crippen LogP contribution in [0.4, 0.5) is 13.2 Å². The number of carbonyl (C=O) groups is 1. The van der Waals surface area contributed by atoms with E-state index in [0.717, 1.165) is 42.5 Å². The summed E-state index contributed by atoms with van der Waals surface area (Å²) >= 11 is 0.